The van der Waals surface area contributed by atoms with Crippen molar-refractivity contribution in [1.29, 1.82) is 0 Å². The van der Waals surface area contributed by atoms with Crippen molar-refractivity contribution in [2.24, 2.45) is 0 Å². The van der Waals surface area contributed by atoms with E-state index in [2.05, 4.69) is 37.5 Å². The Hall–Kier alpha value is -2.98. The van der Waals surface area contributed by atoms with Crippen LogP contribution in [0.4, 0.5) is 26.4 Å². The van der Waals surface area contributed by atoms with Gasteiger partial charge in [0.05, 0.1) is 11.9 Å². The average molecular weight is 447 g/mol. The van der Waals surface area contributed by atoms with Crippen LogP contribution in [-0.4, -0.2) is 57.8 Å². The molecule has 1 atom stereocenters. The van der Waals surface area contributed by atoms with Gasteiger partial charge in [-0.3, -0.25) is 4.90 Å². The zero-order valence-corrected chi connectivity index (χ0v) is 18.1. The minimum absolute atomic E-state index is 0. The molecule has 0 aromatic carbocycles. The number of halogens is 2. The Balaban J connectivity index is 0.00000231. The predicted molar refractivity (Wildman–Crippen MR) is 119 cm³/mol. The number of piperazine rings is 1. The lowest BCUT2D eigenvalue weighted by atomic mass is 10.1. The molecular weight excluding hydrogens is 423 g/mol. The standard InChI is InChI=1S/C20H23FN8O.ClH/c1-12-10-27(8-6-22-12)17-3-5-23-19-14(17)4-7-28(19)20(30)25-16-9-18-24-13(2)26-29(18)11-15(16)21;/h3,5,9,11-12,22H,4,6-8,10H2,1-2H3,(H,25,30);1H/t12-;/m1./s1. The van der Waals surface area contributed by atoms with Crippen LogP contribution in [0.15, 0.2) is 24.5 Å². The number of urea groups is 1. The van der Waals surface area contributed by atoms with Crippen molar-refractivity contribution in [3.05, 3.63) is 41.7 Å². The number of fused-ring (bicyclic) bond motifs is 2. The number of hydrogen-bond acceptors (Lipinski definition) is 6. The Morgan fingerprint density at radius 2 is 2.19 bits per heavy atom. The quantitative estimate of drug-likeness (QED) is 0.628. The highest BCUT2D eigenvalue weighted by Crippen LogP contribution is 2.34. The summed E-state index contributed by atoms with van der Waals surface area (Å²) in [6.07, 6.45) is 3.66. The van der Waals surface area contributed by atoms with Crippen molar-refractivity contribution < 1.29 is 9.18 Å². The van der Waals surface area contributed by atoms with Gasteiger partial charge in [-0.05, 0) is 26.3 Å². The second-order valence-corrected chi connectivity index (χ2v) is 7.76. The SMILES string of the molecule is Cc1nc2cc(NC(=O)N3CCc4c(N5CCN[C@H](C)C5)ccnc43)c(F)cn2n1.Cl. The summed E-state index contributed by atoms with van der Waals surface area (Å²) in [6.45, 7) is 7.14. The Kier molecular flexibility index (Phi) is 5.67. The summed E-state index contributed by atoms with van der Waals surface area (Å²) < 4.78 is 15.8. The number of carbonyl (C=O) groups is 1. The van der Waals surface area contributed by atoms with Gasteiger partial charge >= 0.3 is 6.03 Å². The van der Waals surface area contributed by atoms with Crippen LogP contribution in [0.1, 0.15) is 18.3 Å². The van der Waals surface area contributed by atoms with E-state index >= 15 is 0 Å². The van der Waals surface area contributed by atoms with Crippen LogP contribution in [0.5, 0.6) is 0 Å². The molecule has 9 nitrogen and oxygen atoms in total. The predicted octanol–water partition coefficient (Wildman–Crippen LogP) is 2.39. The molecule has 1 fully saturated rings. The van der Waals surface area contributed by atoms with Gasteiger partial charge in [0.25, 0.3) is 0 Å². The fourth-order valence-corrected chi connectivity index (χ4v) is 4.21. The van der Waals surface area contributed by atoms with Crippen LogP contribution in [0.3, 0.4) is 0 Å². The smallest absolute Gasteiger partial charge is 0.327 e. The van der Waals surface area contributed by atoms with Crippen LogP contribution < -0.4 is 20.4 Å². The van der Waals surface area contributed by atoms with Crippen LogP contribution >= 0.6 is 12.4 Å². The first kappa shape index (κ1) is 21.3. The lowest BCUT2D eigenvalue weighted by Crippen LogP contribution is -2.49. The fourth-order valence-electron chi connectivity index (χ4n) is 4.21. The van der Waals surface area contributed by atoms with Crippen molar-refractivity contribution in [3.63, 3.8) is 0 Å². The van der Waals surface area contributed by atoms with Crippen LogP contribution in [0, 0.1) is 12.7 Å². The van der Waals surface area contributed by atoms with Crippen LogP contribution in [0.25, 0.3) is 5.65 Å². The molecule has 0 spiro atoms. The Morgan fingerprint density at radius 1 is 1.35 bits per heavy atom. The maximum atomic E-state index is 14.5. The van der Waals surface area contributed by atoms with Crippen LogP contribution in [-0.2, 0) is 6.42 Å². The summed E-state index contributed by atoms with van der Waals surface area (Å²) in [5.41, 5.74) is 2.72. The average Bonchev–Trinajstić information content (AvgIpc) is 3.30. The molecule has 0 bridgehead atoms. The molecule has 0 saturated carbocycles. The number of carbonyl (C=O) groups excluding carboxylic acids is 1. The minimum atomic E-state index is -0.573. The van der Waals surface area contributed by atoms with Gasteiger partial charge in [0.1, 0.15) is 11.6 Å². The van der Waals surface area contributed by atoms with E-state index < -0.39 is 11.8 Å². The first-order valence-electron chi connectivity index (χ1n) is 10.1. The van der Waals surface area contributed by atoms with Gasteiger partial charge in [-0.15, -0.1) is 12.4 Å². The van der Waals surface area contributed by atoms with Crippen molar-refractivity contribution in [2.45, 2.75) is 26.3 Å². The molecule has 2 aliphatic heterocycles. The van der Waals surface area contributed by atoms with E-state index in [-0.39, 0.29) is 18.1 Å². The summed E-state index contributed by atoms with van der Waals surface area (Å²) in [5.74, 6) is 0.595. The number of aromatic nitrogens is 4. The summed E-state index contributed by atoms with van der Waals surface area (Å²) in [6, 6.07) is 3.49. The minimum Gasteiger partial charge on any atom is -0.368 e. The first-order valence-corrected chi connectivity index (χ1v) is 10.1. The van der Waals surface area contributed by atoms with Gasteiger partial charge in [-0.2, -0.15) is 5.10 Å². The number of nitrogens with one attached hydrogen (secondary N) is 2. The van der Waals surface area contributed by atoms with Gasteiger partial charge in [0, 0.05) is 55.7 Å². The van der Waals surface area contributed by atoms with Gasteiger partial charge in [-0.25, -0.2) is 23.7 Å². The van der Waals surface area contributed by atoms with E-state index in [0.717, 1.165) is 37.3 Å². The molecule has 0 aliphatic carbocycles. The highest BCUT2D eigenvalue weighted by atomic mass is 35.5. The summed E-state index contributed by atoms with van der Waals surface area (Å²) >= 11 is 0. The molecule has 0 radical (unpaired) electrons. The van der Waals surface area contributed by atoms with E-state index in [0.29, 0.717) is 29.9 Å². The lowest BCUT2D eigenvalue weighted by molar-refractivity contribution is 0.257. The number of anilines is 3. The molecule has 0 unspecified atom stereocenters. The third-order valence-electron chi connectivity index (χ3n) is 5.58. The molecule has 2 amide bonds. The molecule has 1 saturated heterocycles. The third-order valence-corrected chi connectivity index (χ3v) is 5.58. The van der Waals surface area contributed by atoms with Crippen LogP contribution in [0.2, 0.25) is 0 Å². The summed E-state index contributed by atoms with van der Waals surface area (Å²) in [5, 5.41) is 10.2. The monoisotopic (exact) mass is 446 g/mol. The number of aryl methyl sites for hydroxylation is 1. The zero-order valence-electron chi connectivity index (χ0n) is 17.3. The largest absolute Gasteiger partial charge is 0.368 e. The molecule has 11 heteroatoms. The van der Waals surface area contributed by atoms with Gasteiger partial charge in [0.2, 0.25) is 0 Å². The molecule has 5 rings (SSSR count). The fraction of sp³-hybridized carbons (Fsp3) is 0.400. The normalized spacial score (nSPS) is 18.1. The molecule has 3 aromatic heterocycles. The first-order chi connectivity index (χ1) is 14.5. The molecule has 3 aromatic rings. The van der Waals surface area contributed by atoms with Crippen molar-refractivity contribution in [1.82, 2.24) is 24.9 Å². The number of pyridine rings is 2. The number of rotatable bonds is 2. The van der Waals surface area contributed by atoms with E-state index in [1.54, 1.807) is 18.0 Å². The van der Waals surface area contributed by atoms with E-state index in [9.17, 15) is 9.18 Å². The zero-order chi connectivity index (χ0) is 20.8. The van der Waals surface area contributed by atoms with Gasteiger partial charge in [-0.1, -0.05) is 0 Å². The molecule has 2 aliphatic rings. The van der Waals surface area contributed by atoms with Crippen molar-refractivity contribution >= 4 is 41.3 Å². The lowest BCUT2D eigenvalue weighted by Gasteiger charge is -2.34. The second-order valence-electron chi connectivity index (χ2n) is 7.76. The second kappa shape index (κ2) is 8.27. The summed E-state index contributed by atoms with van der Waals surface area (Å²) in [7, 11) is 0. The van der Waals surface area contributed by atoms with Crippen molar-refractivity contribution in [2.75, 3.05) is 41.3 Å². The van der Waals surface area contributed by atoms with E-state index in [1.807, 2.05) is 6.07 Å². The number of amides is 2. The third kappa shape index (κ3) is 3.88. The molecular formula is C20H24ClFN8O. The van der Waals surface area contributed by atoms with E-state index in [4.69, 9.17) is 0 Å². The van der Waals surface area contributed by atoms with Gasteiger partial charge in [0.15, 0.2) is 11.5 Å². The molecule has 2 N–H and O–H groups in total. The molecule has 5 heterocycles. The molecule has 164 valence electrons. The Labute approximate surface area is 185 Å². The maximum absolute atomic E-state index is 14.5. The topological polar surface area (TPSA) is 90.7 Å². The highest BCUT2D eigenvalue weighted by molar-refractivity contribution is 6.03. The van der Waals surface area contributed by atoms with Gasteiger partial charge < -0.3 is 15.5 Å². The van der Waals surface area contributed by atoms with E-state index in [1.165, 1.54) is 16.8 Å². The highest BCUT2D eigenvalue weighted by Gasteiger charge is 2.31. The molecule has 31 heavy (non-hydrogen) atoms. The summed E-state index contributed by atoms with van der Waals surface area (Å²) in [4.78, 5) is 25.5. The number of hydrogen-bond donors (Lipinski definition) is 2. The maximum Gasteiger partial charge on any atom is 0.327 e. The number of nitrogens with zero attached hydrogens (tertiary/aromatic N) is 6. The Bertz CT molecular complexity index is 1140. The van der Waals surface area contributed by atoms with Crippen molar-refractivity contribution in [3.8, 4) is 0 Å². The Morgan fingerprint density at radius 3 is 3.00 bits per heavy atom.